The lowest BCUT2D eigenvalue weighted by Crippen LogP contribution is -2.31. The van der Waals surface area contributed by atoms with Gasteiger partial charge in [-0.05, 0) is 25.0 Å². The largest absolute Gasteiger partial charge is 0.480 e. The van der Waals surface area contributed by atoms with Gasteiger partial charge in [-0.1, -0.05) is 18.2 Å². The number of oxazole rings is 1. The maximum Gasteiger partial charge on any atom is 0.317 e. The molecule has 1 heterocycles. The average molecular weight is 272 g/mol. The lowest BCUT2D eigenvalue weighted by molar-refractivity contribution is -0.138. The van der Waals surface area contributed by atoms with Crippen molar-refractivity contribution in [1.29, 1.82) is 0 Å². The first kappa shape index (κ1) is 12.9. The van der Waals surface area contributed by atoms with Crippen LogP contribution in [0.25, 0.3) is 11.5 Å². The van der Waals surface area contributed by atoms with E-state index in [4.69, 9.17) is 9.52 Å². The second kappa shape index (κ2) is 5.46. The number of hydrogen-bond acceptors (Lipinski definition) is 4. The number of carboxylic acid groups (broad SMARTS) is 1. The van der Waals surface area contributed by atoms with Crippen molar-refractivity contribution >= 4 is 5.97 Å². The Kier molecular flexibility index (Phi) is 3.52. The van der Waals surface area contributed by atoms with E-state index in [0.29, 0.717) is 18.5 Å². The highest BCUT2D eigenvalue weighted by Crippen LogP contribution is 2.28. The SMILES string of the molecule is O=C(O)CN(Cc1coc(-c2ccccc2)n1)C1CC1. The molecule has 1 fully saturated rings. The van der Waals surface area contributed by atoms with Crippen LogP contribution in [-0.2, 0) is 11.3 Å². The standard InChI is InChI=1S/C15H16N2O3/c18-14(19)9-17(13-6-7-13)8-12-10-20-15(16-12)11-4-2-1-3-5-11/h1-5,10,13H,6-9H2,(H,18,19). The fraction of sp³-hybridized carbons (Fsp3) is 0.333. The monoisotopic (exact) mass is 272 g/mol. The normalized spacial score (nSPS) is 14.7. The highest BCUT2D eigenvalue weighted by atomic mass is 16.4. The van der Waals surface area contributed by atoms with E-state index in [9.17, 15) is 4.79 Å². The summed E-state index contributed by atoms with van der Waals surface area (Å²) in [7, 11) is 0. The van der Waals surface area contributed by atoms with Crippen LogP contribution >= 0.6 is 0 Å². The summed E-state index contributed by atoms with van der Waals surface area (Å²) in [6.45, 7) is 0.575. The van der Waals surface area contributed by atoms with Crippen molar-refractivity contribution in [1.82, 2.24) is 9.88 Å². The molecular formula is C15H16N2O3. The zero-order valence-electron chi connectivity index (χ0n) is 11.0. The fourth-order valence-electron chi connectivity index (χ4n) is 2.23. The predicted molar refractivity (Wildman–Crippen MR) is 73.0 cm³/mol. The average Bonchev–Trinajstić information content (AvgIpc) is 3.19. The third kappa shape index (κ3) is 3.05. The van der Waals surface area contributed by atoms with Crippen LogP contribution in [0.15, 0.2) is 41.0 Å². The molecule has 0 radical (unpaired) electrons. The van der Waals surface area contributed by atoms with E-state index in [1.165, 1.54) is 0 Å². The zero-order chi connectivity index (χ0) is 13.9. The molecule has 0 aliphatic heterocycles. The maximum absolute atomic E-state index is 10.9. The van der Waals surface area contributed by atoms with Crippen molar-refractivity contribution in [3.05, 3.63) is 42.3 Å². The van der Waals surface area contributed by atoms with E-state index < -0.39 is 5.97 Å². The van der Waals surface area contributed by atoms with Gasteiger partial charge in [0.2, 0.25) is 5.89 Å². The van der Waals surface area contributed by atoms with Crippen molar-refractivity contribution < 1.29 is 14.3 Å². The van der Waals surface area contributed by atoms with E-state index in [-0.39, 0.29) is 6.54 Å². The van der Waals surface area contributed by atoms with Crippen LogP contribution in [0, 0.1) is 0 Å². The summed E-state index contributed by atoms with van der Waals surface area (Å²) in [6.07, 6.45) is 3.74. The summed E-state index contributed by atoms with van der Waals surface area (Å²) in [4.78, 5) is 17.2. The third-order valence-corrected chi connectivity index (χ3v) is 3.34. The van der Waals surface area contributed by atoms with Gasteiger partial charge in [0.05, 0.1) is 12.2 Å². The van der Waals surface area contributed by atoms with Gasteiger partial charge in [0.15, 0.2) is 0 Å². The molecule has 1 aromatic heterocycles. The zero-order valence-corrected chi connectivity index (χ0v) is 11.0. The van der Waals surface area contributed by atoms with Crippen LogP contribution in [0.2, 0.25) is 0 Å². The number of aliphatic carboxylic acids is 1. The van der Waals surface area contributed by atoms with Crippen LogP contribution in [-0.4, -0.2) is 33.5 Å². The lowest BCUT2D eigenvalue weighted by atomic mass is 10.2. The molecule has 0 unspecified atom stereocenters. The molecule has 1 aliphatic rings. The number of nitrogens with zero attached hydrogens (tertiary/aromatic N) is 2. The molecule has 3 rings (SSSR count). The van der Waals surface area contributed by atoms with Gasteiger partial charge < -0.3 is 9.52 Å². The van der Waals surface area contributed by atoms with Gasteiger partial charge in [0.25, 0.3) is 0 Å². The van der Waals surface area contributed by atoms with Gasteiger partial charge in [-0.25, -0.2) is 4.98 Å². The van der Waals surface area contributed by atoms with Crippen LogP contribution in [0.4, 0.5) is 0 Å². The summed E-state index contributed by atoms with van der Waals surface area (Å²) < 4.78 is 5.47. The van der Waals surface area contributed by atoms with Crippen LogP contribution in [0.1, 0.15) is 18.5 Å². The molecule has 1 saturated carbocycles. The summed E-state index contributed by atoms with van der Waals surface area (Å²) in [5.74, 6) is -0.227. The van der Waals surface area contributed by atoms with Gasteiger partial charge in [-0.3, -0.25) is 9.69 Å². The van der Waals surface area contributed by atoms with E-state index in [0.717, 1.165) is 24.1 Å². The van der Waals surface area contributed by atoms with Gasteiger partial charge in [0.1, 0.15) is 6.26 Å². The molecule has 0 bridgehead atoms. The molecular weight excluding hydrogens is 256 g/mol. The highest BCUT2D eigenvalue weighted by molar-refractivity contribution is 5.69. The Balaban J connectivity index is 1.71. The lowest BCUT2D eigenvalue weighted by Gasteiger charge is -2.17. The van der Waals surface area contributed by atoms with Crippen LogP contribution in [0.3, 0.4) is 0 Å². The molecule has 5 heteroatoms. The van der Waals surface area contributed by atoms with Gasteiger partial charge in [-0.15, -0.1) is 0 Å². The molecule has 0 amide bonds. The topological polar surface area (TPSA) is 66.6 Å². The number of aromatic nitrogens is 1. The Labute approximate surface area is 116 Å². The number of hydrogen-bond donors (Lipinski definition) is 1. The highest BCUT2D eigenvalue weighted by Gasteiger charge is 2.30. The second-order valence-electron chi connectivity index (χ2n) is 5.04. The Morgan fingerprint density at radius 2 is 2.10 bits per heavy atom. The molecule has 0 spiro atoms. The molecule has 20 heavy (non-hydrogen) atoms. The van der Waals surface area contributed by atoms with Crippen molar-refractivity contribution in [2.75, 3.05) is 6.54 Å². The molecule has 2 aromatic rings. The minimum absolute atomic E-state index is 0.0538. The maximum atomic E-state index is 10.9. The minimum Gasteiger partial charge on any atom is -0.480 e. The molecule has 0 saturated heterocycles. The smallest absolute Gasteiger partial charge is 0.317 e. The van der Waals surface area contributed by atoms with Gasteiger partial charge in [0, 0.05) is 18.2 Å². The number of benzene rings is 1. The van der Waals surface area contributed by atoms with E-state index in [1.807, 2.05) is 35.2 Å². The Morgan fingerprint density at radius 1 is 1.35 bits per heavy atom. The number of rotatable bonds is 6. The van der Waals surface area contributed by atoms with Crippen LogP contribution in [0.5, 0.6) is 0 Å². The van der Waals surface area contributed by atoms with E-state index >= 15 is 0 Å². The molecule has 1 N–H and O–H groups in total. The Morgan fingerprint density at radius 3 is 2.75 bits per heavy atom. The predicted octanol–water partition coefficient (Wildman–Crippen LogP) is 2.39. The first-order valence-electron chi connectivity index (χ1n) is 6.68. The van der Waals surface area contributed by atoms with E-state index in [2.05, 4.69) is 4.98 Å². The first-order chi connectivity index (χ1) is 9.72. The fourth-order valence-corrected chi connectivity index (χ4v) is 2.23. The molecule has 1 aromatic carbocycles. The summed E-state index contributed by atoms with van der Waals surface area (Å²) in [5.41, 5.74) is 1.70. The third-order valence-electron chi connectivity index (χ3n) is 3.34. The van der Waals surface area contributed by atoms with Crippen molar-refractivity contribution in [3.8, 4) is 11.5 Å². The van der Waals surface area contributed by atoms with E-state index in [1.54, 1.807) is 6.26 Å². The number of carbonyl (C=O) groups is 1. The van der Waals surface area contributed by atoms with Crippen molar-refractivity contribution in [2.24, 2.45) is 0 Å². The van der Waals surface area contributed by atoms with Crippen molar-refractivity contribution in [3.63, 3.8) is 0 Å². The quantitative estimate of drug-likeness (QED) is 0.874. The molecule has 0 atom stereocenters. The summed E-state index contributed by atoms with van der Waals surface area (Å²) >= 11 is 0. The molecule has 104 valence electrons. The minimum atomic E-state index is -0.802. The Bertz CT molecular complexity index is 590. The molecule has 1 aliphatic carbocycles. The van der Waals surface area contributed by atoms with Gasteiger partial charge >= 0.3 is 5.97 Å². The van der Waals surface area contributed by atoms with Gasteiger partial charge in [-0.2, -0.15) is 0 Å². The summed E-state index contributed by atoms with van der Waals surface area (Å²) in [6, 6.07) is 10.1. The summed E-state index contributed by atoms with van der Waals surface area (Å²) in [5, 5.41) is 8.94. The Hall–Kier alpha value is -2.14. The molecule has 5 nitrogen and oxygen atoms in total. The van der Waals surface area contributed by atoms with Crippen LogP contribution < -0.4 is 0 Å². The van der Waals surface area contributed by atoms with Crippen molar-refractivity contribution in [2.45, 2.75) is 25.4 Å². The second-order valence-corrected chi connectivity index (χ2v) is 5.04. The number of carboxylic acids is 1. The first-order valence-corrected chi connectivity index (χ1v) is 6.68.